The predicted octanol–water partition coefficient (Wildman–Crippen LogP) is 5.66. The fraction of sp³-hybridized carbons (Fsp3) is 0.100. The van der Waals surface area contributed by atoms with Crippen LogP contribution in [-0.4, -0.2) is 26.0 Å². The van der Waals surface area contributed by atoms with Crippen molar-refractivity contribution in [2.24, 2.45) is 0 Å². The van der Waals surface area contributed by atoms with Crippen molar-refractivity contribution in [3.8, 4) is 22.6 Å². The number of methoxy groups -OCH3 is 1. The van der Waals surface area contributed by atoms with Crippen molar-refractivity contribution in [1.29, 1.82) is 0 Å². The van der Waals surface area contributed by atoms with Gasteiger partial charge in [-0.05, 0) is 66.1 Å². The van der Waals surface area contributed by atoms with Crippen LogP contribution in [0.2, 0.25) is 0 Å². The average molecular weight is 511 g/mol. The average Bonchev–Trinajstić information content (AvgIpc) is 3.19. The van der Waals surface area contributed by atoms with Gasteiger partial charge in [-0.1, -0.05) is 60.7 Å². The number of amides is 1. The van der Waals surface area contributed by atoms with Gasteiger partial charge in [-0.15, -0.1) is 0 Å². The lowest BCUT2D eigenvalue weighted by Gasteiger charge is -2.11. The number of sulfonamides is 1. The van der Waals surface area contributed by atoms with Crippen LogP contribution >= 0.6 is 0 Å². The highest BCUT2D eigenvalue weighted by atomic mass is 32.2. The quantitative estimate of drug-likeness (QED) is 0.306. The molecule has 0 aliphatic rings. The van der Waals surface area contributed by atoms with E-state index in [4.69, 9.17) is 4.74 Å². The Bertz CT molecular complexity index is 1680. The number of rotatable bonds is 7. The molecule has 0 atom stereocenters. The minimum absolute atomic E-state index is 0.0441. The summed E-state index contributed by atoms with van der Waals surface area (Å²) < 4.78 is 35.1. The van der Waals surface area contributed by atoms with E-state index in [1.165, 1.54) is 12.1 Å². The Balaban J connectivity index is 1.53. The monoisotopic (exact) mass is 510 g/mol. The molecule has 5 aromatic rings. The van der Waals surface area contributed by atoms with Crippen molar-refractivity contribution in [2.75, 3.05) is 7.11 Å². The van der Waals surface area contributed by atoms with Crippen LogP contribution in [0.4, 0.5) is 0 Å². The van der Waals surface area contributed by atoms with E-state index in [0.29, 0.717) is 5.75 Å². The Hall–Kier alpha value is -4.36. The lowest BCUT2D eigenvalue weighted by Crippen LogP contribution is -2.31. The van der Waals surface area contributed by atoms with Gasteiger partial charge in [-0.2, -0.15) is 0 Å². The molecule has 0 aliphatic heterocycles. The van der Waals surface area contributed by atoms with E-state index in [1.54, 1.807) is 25.3 Å². The number of nitrogens with zero attached hydrogens (tertiary/aromatic N) is 1. The molecule has 0 bridgehead atoms. The summed E-state index contributed by atoms with van der Waals surface area (Å²) in [7, 11) is -2.38. The van der Waals surface area contributed by atoms with Crippen molar-refractivity contribution in [3.05, 3.63) is 114 Å². The Morgan fingerprint density at radius 2 is 1.46 bits per heavy atom. The zero-order chi connectivity index (χ0) is 26.0. The fourth-order valence-corrected chi connectivity index (χ4v) is 5.59. The first-order valence-electron chi connectivity index (χ1n) is 11.8. The van der Waals surface area contributed by atoms with Gasteiger partial charge < -0.3 is 9.30 Å². The maximum atomic E-state index is 13.0. The first-order valence-corrected chi connectivity index (χ1v) is 13.3. The first-order chi connectivity index (χ1) is 17.9. The van der Waals surface area contributed by atoms with Crippen LogP contribution in [0.5, 0.6) is 5.75 Å². The molecule has 0 saturated heterocycles. The highest BCUT2D eigenvalue weighted by Crippen LogP contribution is 2.33. The van der Waals surface area contributed by atoms with Crippen LogP contribution in [0.25, 0.3) is 27.7 Å². The molecule has 1 amide bonds. The third-order valence-electron chi connectivity index (χ3n) is 6.41. The van der Waals surface area contributed by atoms with Crippen LogP contribution in [0.1, 0.15) is 11.3 Å². The van der Waals surface area contributed by atoms with E-state index in [-0.39, 0.29) is 11.3 Å². The Labute approximate surface area is 216 Å². The number of hydrogen-bond donors (Lipinski definition) is 1. The summed E-state index contributed by atoms with van der Waals surface area (Å²) >= 11 is 0. The van der Waals surface area contributed by atoms with Gasteiger partial charge in [0.15, 0.2) is 0 Å². The van der Waals surface area contributed by atoms with E-state index in [1.807, 2.05) is 55.5 Å². The molecule has 7 heteroatoms. The van der Waals surface area contributed by atoms with E-state index in [9.17, 15) is 13.2 Å². The SMILES string of the molecule is COc1ccc2c(c1)c(CC(=O)NS(=O)(=O)c1ccccc1)c(C)n2-c1ccc(-c2ccccc2)cc1. The molecule has 37 heavy (non-hydrogen) atoms. The molecule has 1 heterocycles. The Morgan fingerprint density at radius 1 is 0.838 bits per heavy atom. The summed E-state index contributed by atoms with van der Waals surface area (Å²) in [4.78, 5) is 13.0. The van der Waals surface area contributed by atoms with Gasteiger partial charge in [0.2, 0.25) is 5.91 Å². The van der Waals surface area contributed by atoms with E-state index < -0.39 is 15.9 Å². The molecule has 6 nitrogen and oxygen atoms in total. The van der Waals surface area contributed by atoms with Crippen LogP contribution < -0.4 is 9.46 Å². The van der Waals surface area contributed by atoms with Gasteiger partial charge in [0.05, 0.1) is 23.9 Å². The van der Waals surface area contributed by atoms with Gasteiger partial charge in [-0.3, -0.25) is 4.79 Å². The van der Waals surface area contributed by atoms with Crippen LogP contribution in [-0.2, 0) is 21.2 Å². The van der Waals surface area contributed by atoms with Crippen molar-refractivity contribution >= 4 is 26.8 Å². The molecule has 0 fully saturated rings. The summed E-state index contributed by atoms with van der Waals surface area (Å²) in [6.07, 6.45) is -0.101. The van der Waals surface area contributed by atoms with Gasteiger partial charge in [0, 0.05) is 16.8 Å². The third kappa shape index (κ3) is 4.86. The lowest BCUT2D eigenvalue weighted by atomic mass is 10.1. The molecule has 0 spiro atoms. The molecular weight excluding hydrogens is 484 g/mol. The second kappa shape index (κ2) is 9.95. The molecule has 0 radical (unpaired) electrons. The molecular formula is C30H26N2O4S. The fourth-order valence-electron chi connectivity index (χ4n) is 4.58. The molecule has 0 unspecified atom stereocenters. The number of ether oxygens (including phenoxy) is 1. The maximum absolute atomic E-state index is 13.0. The maximum Gasteiger partial charge on any atom is 0.264 e. The number of hydrogen-bond acceptors (Lipinski definition) is 4. The molecule has 1 aromatic heterocycles. The third-order valence-corrected chi connectivity index (χ3v) is 7.80. The number of aromatic nitrogens is 1. The molecule has 4 aromatic carbocycles. The topological polar surface area (TPSA) is 77.4 Å². The molecule has 186 valence electrons. The molecule has 5 rings (SSSR count). The number of carbonyl (C=O) groups is 1. The van der Waals surface area contributed by atoms with Crippen LogP contribution in [0.3, 0.4) is 0 Å². The largest absolute Gasteiger partial charge is 0.497 e. The second-order valence-corrected chi connectivity index (χ2v) is 10.4. The van der Waals surface area contributed by atoms with Gasteiger partial charge in [0.25, 0.3) is 10.0 Å². The minimum Gasteiger partial charge on any atom is -0.497 e. The summed E-state index contributed by atoms with van der Waals surface area (Å²) in [5, 5.41) is 0.830. The van der Waals surface area contributed by atoms with Crippen molar-refractivity contribution < 1.29 is 17.9 Å². The number of benzene rings is 4. The summed E-state index contributed by atoms with van der Waals surface area (Å²) in [5.41, 5.74) is 5.66. The van der Waals surface area contributed by atoms with Gasteiger partial charge >= 0.3 is 0 Å². The normalized spacial score (nSPS) is 11.4. The Morgan fingerprint density at radius 3 is 2.11 bits per heavy atom. The zero-order valence-electron chi connectivity index (χ0n) is 20.5. The minimum atomic E-state index is -3.97. The number of carbonyl (C=O) groups excluding carboxylic acids is 1. The van der Waals surface area contributed by atoms with E-state index in [2.05, 4.69) is 33.6 Å². The van der Waals surface area contributed by atoms with Crippen LogP contribution in [0, 0.1) is 6.92 Å². The van der Waals surface area contributed by atoms with Crippen LogP contribution in [0.15, 0.2) is 108 Å². The lowest BCUT2D eigenvalue weighted by molar-refractivity contribution is -0.118. The zero-order valence-corrected chi connectivity index (χ0v) is 21.3. The van der Waals surface area contributed by atoms with E-state index in [0.717, 1.165) is 39.0 Å². The second-order valence-electron chi connectivity index (χ2n) is 8.71. The van der Waals surface area contributed by atoms with E-state index >= 15 is 0 Å². The standard InChI is InChI=1S/C30H26N2O4S/c1-21-27(20-30(33)31-37(34,35)26-11-7-4-8-12-26)28-19-25(36-2)17-18-29(28)32(21)24-15-13-23(14-16-24)22-9-5-3-6-10-22/h3-19H,20H2,1-2H3,(H,31,33). The number of nitrogens with one attached hydrogen (secondary N) is 1. The van der Waals surface area contributed by atoms with Crippen molar-refractivity contribution in [3.63, 3.8) is 0 Å². The molecule has 0 aliphatic carbocycles. The van der Waals surface area contributed by atoms with Gasteiger partial charge in [0.1, 0.15) is 5.75 Å². The summed E-state index contributed by atoms with van der Waals surface area (Å²) in [5.74, 6) is 0.0517. The highest BCUT2D eigenvalue weighted by Gasteiger charge is 2.22. The first kappa shape index (κ1) is 24.3. The predicted molar refractivity (Wildman–Crippen MR) is 145 cm³/mol. The summed E-state index contributed by atoms with van der Waals surface area (Å²) in [6, 6.07) is 31.9. The summed E-state index contributed by atoms with van der Waals surface area (Å²) in [6.45, 7) is 1.94. The number of fused-ring (bicyclic) bond motifs is 1. The van der Waals surface area contributed by atoms with Gasteiger partial charge in [-0.25, -0.2) is 13.1 Å². The smallest absolute Gasteiger partial charge is 0.264 e. The molecule has 0 saturated carbocycles. The van der Waals surface area contributed by atoms with Crippen molar-refractivity contribution in [2.45, 2.75) is 18.2 Å². The molecule has 1 N–H and O–H groups in total. The highest BCUT2D eigenvalue weighted by molar-refractivity contribution is 7.90. The van der Waals surface area contributed by atoms with Crippen molar-refractivity contribution in [1.82, 2.24) is 9.29 Å². The Kier molecular flexibility index (Phi) is 6.54.